The van der Waals surface area contributed by atoms with Gasteiger partial charge in [0, 0.05) is 11.1 Å². The molecule has 1 saturated heterocycles. The maximum atomic E-state index is 12.0. The summed E-state index contributed by atoms with van der Waals surface area (Å²) in [6, 6.07) is 3.24. The van der Waals surface area contributed by atoms with Crippen LogP contribution in [0, 0.1) is 0 Å². The summed E-state index contributed by atoms with van der Waals surface area (Å²) >= 11 is 7.01. The summed E-state index contributed by atoms with van der Waals surface area (Å²) in [5, 5.41) is 28.9. The van der Waals surface area contributed by atoms with Crippen molar-refractivity contribution in [3.63, 3.8) is 0 Å². The summed E-state index contributed by atoms with van der Waals surface area (Å²) in [7, 11) is 0. The third-order valence-corrected chi connectivity index (χ3v) is 4.86. The van der Waals surface area contributed by atoms with Crippen molar-refractivity contribution in [2.24, 2.45) is 0 Å². The Morgan fingerprint density at radius 3 is 2.61 bits per heavy atom. The molecule has 1 aliphatic rings. The molecule has 0 aliphatic carbocycles. The fraction of sp³-hybridized carbons (Fsp3) is 0.385. The average molecular weight is 361 g/mol. The van der Waals surface area contributed by atoms with Crippen LogP contribution >= 0.6 is 22.9 Å². The molecule has 2 aromatic heterocycles. The first kappa shape index (κ1) is 16.4. The van der Waals surface area contributed by atoms with Gasteiger partial charge in [0.25, 0.3) is 5.56 Å². The molecule has 124 valence electrons. The number of aliphatic hydroxyl groups is 3. The Labute approximate surface area is 138 Å². The molecule has 23 heavy (non-hydrogen) atoms. The van der Waals surface area contributed by atoms with E-state index in [0.717, 1.165) is 15.9 Å². The molecule has 0 bridgehead atoms. The zero-order chi connectivity index (χ0) is 16.7. The van der Waals surface area contributed by atoms with E-state index in [1.54, 1.807) is 12.1 Å². The molecule has 10 heteroatoms. The smallest absolute Gasteiger partial charge is 0.330 e. The molecule has 0 spiro atoms. The Kier molecular flexibility index (Phi) is 4.41. The number of aromatic nitrogens is 2. The second-order valence-electron chi connectivity index (χ2n) is 5.04. The standard InChI is InChI=1S/C13H13ClN2O6S/c14-8-2-1-7(23-8)5-3-16(13(21)15-11(5)20)12-10(19)9(18)6(4-17)22-12/h1-3,6,9-10,12,17-19H,4H2,(H,15,20,21)/t6-,9-,10+,12-/m1/s1. The van der Waals surface area contributed by atoms with Gasteiger partial charge in [0.15, 0.2) is 6.23 Å². The van der Waals surface area contributed by atoms with Gasteiger partial charge in [-0.15, -0.1) is 11.3 Å². The van der Waals surface area contributed by atoms with Gasteiger partial charge in [0.2, 0.25) is 0 Å². The summed E-state index contributed by atoms with van der Waals surface area (Å²) in [4.78, 5) is 26.7. The molecule has 0 unspecified atom stereocenters. The number of aromatic amines is 1. The molecule has 4 atom stereocenters. The minimum Gasteiger partial charge on any atom is -0.394 e. The highest BCUT2D eigenvalue weighted by atomic mass is 35.5. The molecule has 2 aromatic rings. The van der Waals surface area contributed by atoms with Gasteiger partial charge in [-0.2, -0.15) is 0 Å². The normalized spacial score (nSPS) is 27.5. The number of ether oxygens (including phenoxy) is 1. The number of rotatable bonds is 3. The summed E-state index contributed by atoms with van der Waals surface area (Å²) in [6.45, 7) is -0.514. The van der Waals surface area contributed by atoms with E-state index in [1.165, 1.54) is 6.20 Å². The summed E-state index contributed by atoms with van der Waals surface area (Å²) < 4.78 is 6.76. The lowest BCUT2D eigenvalue weighted by Crippen LogP contribution is -2.38. The van der Waals surface area contributed by atoms with E-state index in [0.29, 0.717) is 9.21 Å². The Bertz CT molecular complexity index is 830. The first-order valence-electron chi connectivity index (χ1n) is 6.66. The van der Waals surface area contributed by atoms with Gasteiger partial charge in [-0.3, -0.25) is 14.3 Å². The maximum absolute atomic E-state index is 12.0. The lowest BCUT2D eigenvalue weighted by molar-refractivity contribution is -0.0549. The van der Waals surface area contributed by atoms with Crippen molar-refractivity contribution in [2.75, 3.05) is 6.61 Å². The molecule has 0 aromatic carbocycles. The zero-order valence-electron chi connectivity index (χ0n) is 11.5. The number of H-pyrrole nitrogens is 1. The van der Waals surface area contributed by atoms with Crippen LogP contribution in [0.5, 0.6) is 0 Å². The molecule has 1 aliphatic heterocycles. The molecule has 3 heterocycles. The van der Waals surface area contributed by atoms with Crippen LogP contribution in [0.2, 0.25) is 4.34 Å². The Balaban J connectivity index is 2.07. The summed E-state index contributed by atoms with van der Waals surface area (Å²) in [5.74, 6) is 0. The number of hydrogen-bond donors (Lipinski definition) is 4. The third kappa shape index (κ3) is 2.87. The first-order chi connectivity index (χ1) is 10.9. The van der Waals surface area contributed by atoms with Crippen LogP contribution in [0.1, 0.15) is 6.23 Å². The predicted molar refractivity (Wildman–Crippen MR) is 82.7 cm³/mol. The molecule has 1 fully saturated rings. The molecule has 8 nitrogen and oxygen atoms in total. The lowest BCUT2D eigenvalue weighted by atomic mass is 10.1. The van der Waals surface area contributed by atoms with Gasteiger partial charge in [0.1, 0.15) is 18.3 Å². The van der Waals surface area contributed by atoms with Crippen LogP contribution in [-0.2, 0) is 4.74 Å². The van der Waals surface area contributed by atoms with Crippen LogP contribution in [0.25, 0.3) is 10.4 Å². The van der Waals surface area contributed by atoms with Crippen molar-refractivity contribution in [1.29, 1.82) is 0 Å². The fourth-order valence-corrected chi connectivity index (χ4v) is 3.47. The van der Waals surface area contributed by atoms with Gasteiger partial charge in [-0.1, -0.05) is 11.6 Å². The van der Waals surface area contributed by atoms with E-state index < -0.39 is 42.4 Å². The van der Waals surface area contributed by atoms with E-state index >= 15 is 0 Å². The highest BCUT2D eigenvalue weighted by Crippen LogP contribution is 2.31. The second-order valence-corrected chi connectivity index (χ2v) is 6.76. The number of aliphatic hydroxyl groups excluding tert-OH is 3. The van der Waals surface area contributed by atoms with Crippen LogP contribution in [0.15, 0.2) is 27.9 Å². The number of nitrogens with zero attached hydrogens (tertiary/aromatic N) is 1. The van der Waals surface area contributed by atoms with Crippen molar-refractivity contribution in [2.45, 2.75) is 24.5 Å². The van der Waals surface area contributed by atoms with Gasteiger partial charge in [-0.05, 0) is 12.1 Å². The van der Waals surface area contributed by atoms with Crippen LogP contribution in [0.4, 0.5) is 0 Å². The number of hydrogen-bond acceptors (Lipinski definition) is 7. The van der Waals surface area contributed by atoms with E-state index in [4.69, 9.17) is 21.4 Å². The topological polar surface area (TPSA) is 125 Å². The number of halogens is 1. The number of thiophene rings is 1. The molecular weight excluding hydrogens is 348 g/mol. The molecule has 0 radical (unpaired) electrons. The predicted octanol–water partition coefficient (Wildman–Crippen LogP) is -0.470. The van der Waals surface area contributed by atoms with Crippen molar-refractivity contribution in [3.8, 4) is 10.4 Å². The van der Waals surface area contributed by atoms with E-state index in [9.17, 15) is 19.8 Å². The van der Waals surface area contributed by atoms with E-state index in [-0.39, 0.29) is 5.56 Å². The molecule has 3 rings (SSSR count). The third-order valence-electron chi connectivity index (χ3n) is 3.60. The monoisotopic (exact) mass is 360 g/mol. The first-order valence-corrected chi connectivity index (χ1v) is 7.85. The Hall–Kier alpha value is -1.49. The van der Waals surface area contributed by atoms with Gasteiger partial charge < -0.3 is 20.1 Å². The van der Waals surface area contributed by atoms with Crippen LogP contribution in [0.3, 0.4) is 0 Å². The second kappa shape index (κ2) is 6.19. The highest BCUT2D eigenvalue weighted by molar-refractivity contribution is 7.19. The van der Waals surface area contributed by atoms with Crippen molar-refractivity contribution < 1.29 is 20.1 Å². The highest BCUT2D eigenvalue weighted by Gasteiger charge is 2.43. The van der Waals surface area contributed by atoms with Crippen LogP contribution < -0.4 is 11.2 Å². The SMILES string of the molecule is O=c1[nH]c(=O)n([C@@H]2O[C@H](CO)[C@@H](O)[C@@H]2O)cc1-c1ccc(Cl)s1. The van der Waals surface area contributed by atoms with E-state index in [2.05, 4.69) is 4.98 Å². The molecular formula is C13H13ClN2O6S. The van der Waals surface area contributed by atoms with Gasteiger partial charge in [-0.25, -0.2) is 4.79 Å². The maximum Gasteiger partial charge on any atom is 0.330 e. The molecule has 4 N–H and O–H groups in total. The van der Waals surface area contributed by atoms with E-state index in [1.807, 2.05) is 0 Å². The van der Waals surface area contributed by atoms with Crippen molar-refractivity contribution in [3.05, 3.63) is 43.5 Å². The molecule has 0 amide bonds. The summed E-state index contributed by atoms with van der Waals surface area (Å²) in [5.41, 5.74) is -1.22. The van der Waals surface area contributed by atoms with Crippen LogP contribution in [-0.4, -0.2) is 49.8 Å². The van der Waals surface area contributed by atoms with Gasteiger partial charge >= 0.3 is 5.69 Å². The minimum atomic E-state index is -1.42. The number of nitrogens with one attached hydrogen (secondary N) is 1. The average Bonchev–Trinajstić information content (AvgIpc) is 3.05. The lowest BCUT2D eigenvalue weighted by Gasteiger charge is -2.17. The van der Waals surface area contributed by atoms with Gasteiger partial charge in [0.05, 0.1) is 16.5 Å². The van der Waals surface area contributed by atoms with Crippen molar-refractivity contribution in [1.82, 2.24) is 9.55 Å². The zero-order valence-corrected chi connectivity index (χ0v) is 13.1. The van der Waals surface area contributed by atoms with Crippen molar-refractivity contribution >= 4 is 22.9 Å². The largest absolute Gasteiger partial charge is 0.394 e. The summed E-state index contributed by atoms with van der Waals surface area (Å²) in [6.07, 6.45) is -3.77. The minimum absolute atomic E-state index is 0.180. The fourth-order valence-electron chi connectivity index (χ4n) is 2.42. The molecule has 0 saturated carbocycles. The Morgan fingerprint density at radius 1 is 1.30 bits per heavy atom. The quantitative estimate of drug-likeness (QED) is 0.586. The Morgan fingerprint density at radius 2 is 2.04 bits per heavy atom.